The standard InChI is InChI=1S/C12H12N.C4H8O.CH5BO2.CH3/c1-3-7-12(8-4-1)11-13-9-5-2-6-10-13;1-3-4(2)5;1-2(3)4;/h1-10H,11H2;3H2,1-2H3;3-4H,1H3;1H3/q+1;;;-1. The van der Waals surface area contributed by atoms with E-state index >= 15 is 0 Å². The number of ketones is 1. The molecule has 126 valence electrons. The normalized spacial score (nSPS) is 8.39. The molecule has 5 heteroatoms. The minimum absolute atomic E-state index is 0. The molecule has 0 radical (unpaired) electrons. The van der Waals surface area contributed by atoms with Crippen LogP contribution in [-0.2, 0) is 11.3 Å². The van der Waals surface area contributed by atoms with Gasteiger partial charge >= 0.3 is 7.12 Å². The highest BCUT2D eigenvalue weighted by atomic mass is 16.4. The Morgan fingerprint density at radius 3 is 1.83 bits per heavy atom. The van der Waals surface area contributed by atoms with Gasteiger partial charge in [0.2, 0.25) is 0 Å². The number of hydrogen-bond acceptors (Lipinski definition) is 3. The van der Waals surface area contributed by atoms with Gasteiger partial charge in [0.05, 0.1) is 0 Å². The lowest BCUT2D eigenvalue weighted by Crippen LogP contribution is -2.32. The zero-order valence-corrected chi connectivity index (χ0v) is 14.5. The zero-order chi connectivity index (χ0) is 16.8. The van der Waals surface area contributed by atoms with Crippen LogP contribution in [0.15, 0.2) is 60.9 Å². The third-order valence-electron chi connectivity index (χ3n) is 2.48. The van der Waals surface area contributed by atoms with Crippen LogP contribution in [0.25, 0.3) is 0 Å². The number of hydrogen-bond donors (Lipinski definition) is 2. The van der Waals surface area contributed by atoms with Crippen molar-refractivity contribution in [2.75, 3.05) is 0 Å². The zero-order valence-electron chi connectivity index (χ0n) is 14.5. The molecule has 0 amide bonds. The molecule has 0 saturated heterocycles. The molecular weight excluding hydrogens is 289 g/mol. The van der Waals surface area contributed by atoms with Gasteiger partial charge in [-0.2, -0.15) is 0 Å². The smallest absolute Gasteiger partial charge is 0.427 e. The van der Waals surface area contributed by atoms with Crippen LogP contribution in [-0.4, -0.2) is 22.9 Å². The van der Waals surface area contributed by atoms with E-state index in [-0.39, 0.29) is 13.2 Å². The molecule has 1 heterocycles. The fourth-order valence-corrected chi connectivity index (χ4v) is 1.33. The van der Waals surface area contributed by atoms with Crippen LogP contribution in [0.3, 0.4) is 0 Å². The summed E-state index contributed by atoms with van der Waals surface area (Å²) in [4.78, 5) is 9.81. The lowest BCUT2D eigenvalue weighted by atomic mass is 9.99. The maximum absolute atomic E-state index is 9.81. The monoisotopic (exact) mass is 317 g/mol. The molecule has 2 rings (SSSR count). The van der Waals surface area contributed by atoms with Gasteiger partial charge in [0.15, 0.2) is 18.9 Å². The highest BCUT2D eigenvalue weighted by Gasteiger charge is 1.98. The summed E-state index contributed by atoms with van der Waals surface area (Å²) in [6.45, 7) is 5.66. The summed E-state index contributed by atoms with van der Waals surface area (Å²) in [5.41, 5.74) is 1.33. The van der Waals surface area contributed by atoms with Crippen LogP contribution in [0.4, 0.5) is 0 Å². The molecule has 0 saturated carbocycles. The van der Waals surface area contributed by atoms with E-state index in [1.54, 1.807) is 6.92 Å². The Kier molecular flexibility index (Phi) is 15.1. The molecule has 0 unspecified atom stereocenters. The van der Waals surface area contributed by atoms with Crippen molar-refractivity contribution in [3.8, 4) is 0 Å². The molecule has 4 nitrogen and oxygen atoms in total. The Bertz CT molecular complexity index is 464. The van der Waals surface area contributed by atoms with Crippen molar-refractivity contribution < 1.29 is 19.4 Å². The van der Waals surface area contributed by atoms with Crippen LogP contribution in [0.1, 0.15) is 25.8 Å². The van der Waals surface area contributed by atoms with Gasteiger partial charge in [0, 0.05) is 24.1 Å². The second-order valence-electron chi connectivity index (χ2n) is 4.72. The highest BCUT2D eigenvalue weighted by Crippen LogP contribution is 1.96. The van der Waals surface area contributed by atoms with Gasteiger partial charge in [-0.3, -0.25) is 0 Å². The van der Waals surface area contributed by atoms with Crippen LogP contribution in [0.5, 0.6) is 0 Å². The molecule has 2 N–H and O–H groups in total. The van der Waals surface area contributed by atoms with E-state index < -0.39 is 7.12 Å². The Morgan fingerprint density at radius 1 is 1.04 bits per heavy atom. The van der Waals surface area contributed by atoms with Gasteiger partial charge in [0.1, 0.15) is 5.78 Å². The second kappa shape index (κ2) is 14.9. The van der Waals surface area contributed by atoms with E-state index in [0.29, 0.717) is 6.42 Å². The summed E-state index contributed by atoms with van der Waals surface area (Å²) in [6, 6.07) is 16.6. The van der Waals surface area contributed by atoms with E-state index in [1.165, 1.54) is 12.4 Å². The lowest BCUT2D eigenvalue weighted by molar-refractivity contribution is -0.688. The molecule has 23 heavy (non-hydrogen) atoms. The van der Waals surface area contributed by atoms with E-state index in [9.17, 15) is 4.79 Å². The number of nitrogens with zero attached hydrogens (tertiary/aromatic N) is 1. The van der Waals surface area contributed by atoms with Crippen molar-refractivity contribution in [3.63, 3.8) is 0 Å². The average Bonchev–Trinajstić information content (AvgIpc) is 2.49. The van der Waals surface area contributed by atoms with Crippen molar-refractivity contribution in [1.29, 1.82) is 0 Å². The Morgan fingerprint density at radius 2 is 1.43 bits per heavy atom. The number of carbonyl (C=O) groups excluding carboxylic acids is 1. The van der Waals surface area contributed by atoms with Gasteiger partial charge in [-0.05, 0) is 13.7 Å². The first kappa shape index (κ1) is 23.3. The molecule has 1 aromatic heterocycles. The summed E-state index contributed by atoms with van der Waals surface area (Å²) < 4.78 is 2.16. The molecule has 0 aliphatic carbocycles. The molecule has 0 aliphatic heterocycles. The summed E-state index contributed by atoms with van der Waals surface area (Å²) in [5, 5.41) is 15.2. The van der Waals surface area contributed by atoms with E-state index in [4.69, 9.17) is 10.0 Å². The first-order valence-corrected chi connectivity index (χ1v) is 7.29. The maximum atomic E-state index is 9.81. The third-order valence-corrected chi connectivity index (χ3v) is 2.48. The van der Waals surface area contributed by atoms with Crippen LogP contribution < -0.4 is 4.57 Å². The number of Topliss-reactive ketones (excluding diaryl/α,β-unsaturated/α-hetero) is 1. The third kappa shape index (κ3) is 16.2. The molecule has 1 aromatic carbocycles. The first-order valence-electron chi connectivity index (χ1n) is 7.29. The summed E-state index contributed by atoms with van der Waals surface area (Å²) in [6.07, 6.45) is 4.82. The Labute approximate surface area is 140 Å². The van der Waals surface area contributed by atoms with Crippen LogP contribution in [0, 0.1) is 7.43 Å². The minimum atomic E-state index is -1.17. The molecule has 0 aliphatic rings. The largest absolute Gasteiger partial charge is 0.448 e. The lowest BCUT2D eigenvalue weighted by Gasteiger charge is -1.95. The predicted octanol–water partition coefficient (Wildman–Crippen LogP) is 2.55. The fourth-order valence-electron chi connectivity index (χ4n) is 1.33. The minimum Gasteiger partial charge on any atom is -0.427 e. The van der Waals surface area contributed by atoms with Gasteiger partial charge in [-0.25, -0.2) is 4.57 Å². The van der Waals surface area contributed by atoms with Crippen molar-refractivity contribution in [2.24, 2.45) is 0 Å². The molecule has 0 spiro atoms. The first-order chi connectivity index (χ1) is 10.5. The molecule has 0 bridgehead atoms. The summed E-state index contributed by atoms with van der Waals surface area (Å²) in [5.74, 6) is 0.255. The average molecular weight is 317 g/mol. The van der Waals surface area contributed by atoms with Crippen molar-refractivity contribution in [3.05, 3.63) is 73.9 Å². The van der Waals surface area contributed by atoms with E-state index in [0.717, 1.165) is 6.54 Å². The number of carbonyl (C=O) groups is 1. The highest BCUT2D eigenvalue weighted by molar-refractivity contribution is 6.38. The van der Waals surface area contributed by atoms with E-state index in [1.807, 2.05) is 31.2 Å². The number of pyridine rings is 1. The molecule has 0 atom stereocenters. The number of rotatable bonds is 3. The molecule has 0 fully saturated rings. The van der Waals surface area contributed by atoms with Crippen molar-refractivity contribution in [2.45, 2.75) is 33.6 Å². The maximum Gasteiger partial charge on any atom is 0.448 e. The van der Waals surface area contributed by atoms with Gasteiger partial charge < -0.3 is 22.3 Å². The molecular formula is C18H28BNO3. The quantitative estimate of drug-likeness (QED) is 0.519. The second-order valence-corrected chi connectivity index (χ2v) is 4.72. The SMILES string of the molecule is CB(O)O.CCC(C)=O.[CH3-].c1ccc(C[n+]2ccccc2)cc1. The van der Waals surface area contributed by atoms with Gasteiger partial charge in [0.25, 0.3) is 0 Å². The van der Waals surface area contributed by atoms with Gasteiger partial charge in [-0.15, -0.1) is 0 Å². The summed E-state index contributed by atoms with van der Waals surface area (Å²) >= 11 is 0. The van der Waals surface area contributed by atoms with Crippen molar-refractivity contribution >= 4 is 12.9 Å². The Balaban J connectivity index is 0. The molecule has 2 aromatic rings. The fraction of sp³-hybridized carbons (Fsp3) is 0.278. The van der Waals surface area contributed by atoms with Crippen LogP contribution in [0.2, 0.25) is 6.82 Å². The van der Waals surface area contributed by atoms with E-state index in [2.05, 4.69) is 41.2 Å². The van der Waals surface area contributed by atoms with Crippen molar-refractivity contribution in [1.82, 2.24) is 0 Å². The number of benzene rings is 1. The Hall–Kier alpha value is -1.98. The van der Waals surface area contributed by atoms with Crippen LogP contribution >= 0.6 is 0 Å². The van der Waals surface area contributed by atoms with Gasteiger partial charge in [-0.1, -0.05) is 43.3 Å². The topological polar surface area (TPSA) is 61.4 Å². The predicted molar refractivity (Wildman–Crippen MR) is 95.6 cm³/mol. The summed E-state index contributed by atoms with van der Waals surface area (Å²) in [7, 11) is -1.17. The number of aromatic nitrogens is 1.